The topological polar surface area (TPSA) is 85.8 Å². The van der Waals surface area contributed by atoms with Crippen LogP contribution >= 0.6 is 0 Å². The van der Waals surface area contributed by atoms with E-state index in [9.17, 15) is 4.79 Å². The summed E-state index contributed by atoms with van der Waals surface area (Å²) in [5.74, 6) is 0.461. The predicted molar refractivity (Wildman–Crippen MR) is 75.3 cm³/mol. The number of rotatable bonds is 5. The predicted octanol–water partition coefficient (Wildman–Crippen LogP) is 1.33. The number of hydrogen-bond donors (Lipinski definition) is 2. The van der Waals surface area contributed by atoms with Crippen LogP contribution in [0.15, 0.2) is 36.9 Å². The summed E-state index contributed by atoms with van der Waals surface area (Å²) in [6.45, 7) is 0. The van der Waals surface area contributed by atoms with Crippen LogP contribution in [-0.4, -0.2) is 26.7 Å². The normalized spacial score (nSPS) is 15.8. The van der Waals surface area contributed by atoms with Gasteiger partial charge in [0.1, 0.15) is 12.7 Å². The standard InChI is InChI=1S/C14H17N5O/c15-11(10-5-6-10)7-14(20)18-12-3-1-2-4-13(12)19-9-16-8-17-19/h1-4,8-11H,5-7,15H2,(H,18,20). The zero-order chi connectivity index (χ0) is 13.9. The molecule has 0 aliphatic heterocycles. The van der Waals surface area contributed by atoms with Crippen molar-refractivity contribution in [3.63, 3.8) is 0 Å². The van der Waals surface area contributed by atoms with E-state index in [1.54, 1.807) is 11.0 Å². The first-order valence-electron chi connectivity index (χ1n) is 6.73. The van der Waals surface area contributed by atoms with Gasteiger partial charge in [-0.05, 0) is 30.9 Å². The van der Waals surface area contributed by atoms with E-state index in [4.69, 9.17) is 5.73 Å². The number of para-hydroxylation sites is 2. The van der Waals surface area contributed by atoms with Crippen molar-refractivity contribution in [1.29, 1.82) is 0 Å². The van der Waals surface area contributed by atoms with Crippen LogP contribution in [0, 0.1) is 5.92 Å². The van der Waals surface area contributed by atoms with E-state index in [-0.39, 0.29) is 11.9 Å². The van der Waals surface area contributed by atoms with Crippen molar-refractivity contribution in [2.45, 2.75) is 25.3 Å². The van der Waals surface area contributed by atoms with Gasteiger partial charge in [0.05, 0.1) is 11.4 Å². The highest BCUT2D eigenvalue weighted by Gasteiger charge is 2.29. The molecule has 0 bridgehead atoms. The van der Waals surface area contributed by atoms with Crippen LogP contribution in [0.25, 0.3) is 5.69 Å². The molecule has 1 aliphatic rings. The summed E-state index contributed by atoms with van der Waals surface area (Å²) in [7, 11) is 0. The van der Waals surface area contributed by atoms with Crippen LogP contribution in [0.3, 0.4) is 0 Å². The Morgan fingerprint density at radius 3 is 2.95 bits per heavy atom. The Bertz CT molecular complexity index is 591. The first-order chi connectivity index (χ1) is 9.74. The van der Waals surface area contributed by atoms with Crippen LogP contribution < -0.4 is 11.1 Å². The fourth-order valence-electron chi connectivity index (χ4n) is 2.22. The fourth-order valence-corrected chi connectivity index (χ4v) is 2.22. The number of anilines is 1. The molecule has 104 valence electrons. The van der Waals surface area contributed by atoms with Crippen LogP contribution in [0.1, 0.15) is 19.3 Å². The lowest BCUT2D eigenvalue weighted by Gasteiger charge is -2.13. The number of carbonyl (C=O) groups is 1. The quantitative estimate of drug-likeness (QED) is 0.859. The van der Waals surface area contributed by atoms with Crippen LogP contribution in [0.4, 0.5) is 5.69 Å². The Hall–Kier alpha value is -2.21. The Kier molecular flexibility index (Phi) is 3.47. The molecule has 2 aromatic rings. The Labute approximate surface area is 117 Å². The summed E-state index contributed by atoms with van der Waals surface area (Å²) in [4.78, 5) is 16.0. The third-order valence-corrected chi connectivity index (χ3v) is 3.49. The van der Waals surface area contributed by atoms with Gasteiger partial charge >= 0.3 is 0 Å². The highest BCUT2D eigenvalue weighted by Crippen LogP contribution is 2.33. The zero-order valence-corrected chi connectivity index (χ0v) is 11.1. The second-order valence-corrected chi connectivity index (χ2v) is 5.11. The summed E-state index contributed by atoms with van der Waals surface area (Å²) >= 11 is 0. The molecule has 1 aromatic carbocycles. The van der Waals surface area contributed by atoms with Gasteiger partial charge in [0.25, 0.3) is 0 Å². The number of carbonyl (C=O) groups excluding carboxylic acids is 1. The molecular formula is C14H17N5O. The first kappa shape index (κ1) is 12.8. The summed E-state index contributed by atoms with van der Waals surface area (Å²) in [5.41, 5.74) is 7.48. The highest BCUT2D eigenvalue weighted by molar-refractivity contribution is 5.93. The van der Waals surface area contributed by atoms with Gasteiger partial charge in [-0.1, -0.05) is 12.1 Å². The van der Waals surface area contributed by atoms with Gasteiger partial charge in [0.2, 0.25) is 5.91 Å². The number of amides is 1. The smallest absolute Gasteiger partial charge is 0.226 e. The average Bonchev–Trinajstić information content (AvgIpc) is 3.15. The fraction of sp³-hybridized carbons (Fsp3) is 0.357. The molecule has 0 saturated heterocycles. The SMILES string of the molecule is NC(CC(=O)Nc1ccccc1-n1cncn1)C1CC1. The number of nitrogens with one attached hydrogen (secondary N) is 1. The summed E-state index contributed by atoms with van der Waals surface area (Å²) in [6.07, 6.45) is 5.70. The van der Waals surface area contributed by atoms with Crippen molar-refractivity contribution in [3.8, 4) is 5.69 Å². The molecule has 1 heterocycles. The average molecular weight is 271 g/mol. The maximum atomic E-state index is 12.0. The van der Waals surface area contributed by atoms with Gasteiger partial charge in [-0.25, -0.2) is 9.67 Å². The molecule has 6 nitrogen and oxygen atoms in total. The lowest BCUT2D eigenvalue weighted by atomic mass is 10.1. The minimum absolute atomic E-state index is 0.0338. The first-order valence-corrected chi connectivity index (χ1v) is 6.73. The van der Waals surface area contributed by atoms with Crippen molar-refractivity contribution in [2.24, 2.45) is 11.7 Å². The monoisotopic (exact) mass is 271 g/mol. The van der Waals surface area contributed by atoms with E-state index in [2.05, 4.69) is 15.4 Å². The molecule has 1 saturated carbocycles. The van der Waals surface area contributed by atoms with Crippen molar-refractivity contribution < 1.29 is 4.79 Å². The van der Waals surface area contributed by atoms with Crippen LogP contribution in [-0.2, 0) is 4.79 Å². The largest absolute Gasteiger partial charge is 0.327 e. The molecule has 3 rings (SSSR count). The van der Waals surface area contributed by atoms with Gasteiger partial charge < -0.3 is 11.1 Å². The molecule has 1 amide bonds. The minimum atomic E-state index is -0.0584. The lowest BCUT2D eigenvalue weighted by Crippen LogP contribution is -2.29. The highest BCUT2D eigenvalue weighted by atomic mass is 16.1. The summed E-state index contributed by atoms with van der Waals surface area (Å²) < 4.78 is 1.62. The molecule has 3 N–H and O–H groups in total. The number of nitrogens with zero attached hydrogens (tertiary/aromatic N) is 3. The van der Waals surface area contributed by atoms with Crippen molar-refractivity contribution >= 4 is 11.6 Å². The maximum Gasteiger partial charge on any atom is 0.226 e. The second kappa shape index (κ2) is 5.42. The molecule has 1 fully saturated rings. The molecule has 1 aliphatic carbocycles. The third-order valence-electron chi connectivity index (χ3n) is 3.49. The van der Waals surface area contributed by atoms with E-state index in [0.717, 1.165) is 18.5 Å². The van der Waals surface area contributed by atoms with E-state index in [1.165, 1.54) is 6.33 Å². The van der Waals surface area contributed by atoms with Gasteiger partial charge in [-0.15, -0.1) is 0 Å². The number of nitrogens with two attached hydrogens (primary N) is 1. The van der Waals surface area contributed by atoms with Crippen molar-refractivity contribution in [2.75, 3.05) is 5.32 Å². The van der Waals surface area contributed by atoms with Gasteiger partial charge in [0, 0.05) is 12.5 Å². The molecule has 1 unspecified atom stereocenters. The van der Waals surface area contributed by atoms with Crippen molar-refractivity contribution in [1.82, 2.24) is 14.8 Å². The Morgan fingerprint density at radius 1 is 1.45 bits per heavy atom. The Balaban J connectivity index is 1.72. The molecule has 1 aromatic heterocycles. The molecule has 20 heavy (non-hydrogen) atoms. The molecule has 1 atom stereocenters. The van der Waals surface area contributed by atoms with E-state index in [0.29, 0.717) is 18.0 Å². The summed E-state index contributed by atoms with van der Waals surface area (Å²) in [5, 5.41) is 6.99. The van der Waals surface area contributed by atoms with Crippen LogP contribution in [0.5, 0.6) is 0 Å². The molecule has 6 heteroatoms. The van der Waals surface area contributed by atoms with E-state index in [1.807, 2.05) is 24.3 Å². The molecule has 0 spiro atoms. The third kappa shape index (κ3) is 2.85. The zero-order valence-electron chi connectivity index (χ0n) is 11.1. The van der Waals surface area contributed by atoms with E-state index >= 15 is 0 Å². The van der Waals surface area contributed by atoms with Crippen molar-refractivity contribution in [3.05, 3.63) is 36.9 Å². The maximum absolute atomic E-state index is 12.0. The van der Waals surface area contributed by atoms with Gasteiger partial charge in [0.15, 0.2) is 0 Å². The number of aromatic nitrogens is 3. The van der Waals surface area contributed by atoms with Crippen LogP contribution in [0.2, 0.25) is 0 Å². The second-order valence-electron chi connectivity index (χ2n) is 5.11. The Morgan fingerprint density at radius 2 is 2.25 bits per heavy atom. The number of hydrogen-bond acceptors (Lipinski definition) is 4. The lowest BCUT2D eigenvalue weighted by molar-refractivity contribution is -0.116. The molecule has 0 radical (unpaired) electrons. The summed E-state index contributed by atoms with van der Waals surface area (Å²) in [6, 6.07) is 7.45. The number of benzene rings is 1. The van der Waals surface area contributed by atoms with E-state index < -0.39 is 0 Å². The minimum Gasteiger partial charge on any atom is -0.327 e. The van der Waals surface area contributed by atoms with Gasteiger partial charge in [-0.2, -0.15) is 5.10 Å². The molecular weight excluding hydrogens is 254 g/mol. The van der Waals surface area contributed by atoms with Gasteiger partial charge in [-0.3, -0.25) is 4.79 Å².